The molecule has 0 amide bonds. The quantitative estimate of drug-likeness (QED) is 0.695. The summed E-state index contributed by atoms with van der Waals surface area (Å²) in [5.74, 6) is 0. The van der Waals surface area contributed by atoms with Gasteiger partial charge in [-0.25, -0.2) is 0 Å². The van der Waals surface area contributed by atoms with Gasteiger partial charge in [0.15, 0.2) is 0 Å². The molecule has 0 radical (unpaired) electrons. The monoisotopic (exact) mass is 281 g/mol. The number of nitrogens with zero attached hydrogens (tertiary/aromatic N) is 2. The second-order valence-corrected chi connectivity index (χ2v) is 5.91. The summed E-state index contributed by atoms with van der Waals surface area (Å²) >= 11 is 1.58. The van der Waals surface area contributed by atoms with Crippen molar-refractivity contribution in [2.75, 3.05) is 17.2 Å². The van der Waals surface area contributed by atoms with Crippen molar-refractivity contribution in [1.29, 1.82) is 0 Å². The van der Waals surface area contributed by atoms with Gasteiger partial charge in [-0.05, 0) is 47.3 Å². The smallest absolute Gasteiger partial charge is 0.120 e. The molecule has 1 aromatic heterocycles. The van der Waals surface area contributed by atoms with E-state index < -0.39 is 0 Å². The number of hydrogen-bond donors (Lipinski definition) is 1. The maximum absolute atomic E-state index is 6.13. The molecule has 2 N–H and O–H groups in total. The van der Waals surface area contributed by atoms with Gasteiger partial charge >= 0.3 is 0 Å². The molecular weight excluding hydrogens is 266 g/mol. The van der Waals surface area contributed by atoms with Crippen molar-refractivity contribution < 1.29 is 0 Å². The molecular formula is C16H15N3S. The van der Waals surface area contributed by atoms with Crippen LogP contribution in [0.1, 0.15) is 11.1 Å². The van der Waals surface area contributed by atoms with E-state index in [1.54, 1.807) is 11.5 Å². The summed E-state index contributed by atoms with van der Waals surface area (Å²) in [5, 5.41) is 2.50. The highest BCUT2D eigenvalue weighted by molar-refractivity contribution is 7.11. The van der Waals surface area contributed by atoms with E-state index in [4.69, 9.17) is 5.73 Å². The van der Waals surface area contributed by atoms with Crippen LogP contribution in [0.3, 0.4) is 0 Å². The number of anilines is 2. The van der Waals surface area contributed by atoms with Gasteiger partial charge in [-0.3, -0.25) is 0 Å². The minimum absolute atomic E-state index is 0.883. The van der Waals surface area contributed by atoms with Gasteiger partial charge in [-0.1, -0.05) is 24.3 Å². The minimum Gasteiger partial charge on any atom is -0.398 e. The molecule has 100 valence electrons. The van der Waals surface area contributed by atoms with E-state index in [0.717, 1.165) is 30.7 Å². The highest BCUT2D eigenvalue weighted by Gasteiger charge is 2.21. The van der Waals surface area contributed by atoms with E-state index in [2.05, 4.69) is 33.5 Å². The van der Waals surface area contributed by atoms with Crippen LogP contribution in [-0.4, -0.2) is 10.9 Å². The second kappa shape index (κ2) is 4.49. The van der Waals surface area contributed by atoms with Crippen molar-refractivity contribution in [3.8, 4) is 0 Å². The Morgan fingerprint density at radius 3 is 2.95 bits per heavy atom. The van der Waals surface area contributed by atoms with Gasteiger partial charge in [0.25, 0.3) is 0 Å². The molecule has 3 aromatic rings. The van der Waals surface area contributed by atoms with Crippen LogP contribution in [-0.2, 0) is 13.0 Å². The number of nitrogen functional groups attached to an aromatic ring is 1. The summed E-state index contributed by atoms with van der Waals surface area (Å²) in [5.41, 5.74) is 10.8. The van der Waals surface area contributed by atoms with Crippen LogP contribution in [0.25, 0.3) is 10.9 Å². The molecule has 0 spiro atoms. The molecule has 20 heavy (non-hydrogen) atoms. The Morgan fingerprint density at radius 1 is 1.10 bits per heavy atom. The molecule has 4 rings (SSSR count). The van der Waals surface area contributed by atoms with Gasteiger partial charge in [0.1, 0.15) is 5.00 Å². The van der Waals surface area contributed by atoms with E-state index in [9.17, 15) is 0 Å². The van der Waals surface area contributed by atoms with Crippen LogP contribution in [0.15, 0.2) is 42.5 Å². The number of nitrogens with two attached hydrogens (primary N) is 1. The van der Waals surface area contributed by atoms with Crippen LogP contribution in [0.5, 0.6) is 0 Å². The van der Waals surface area contributed by atoms with Gasteiger partial charge in [-0.2, -0.15) is 4.37 Å². The van der Waals surface area contributed by atoms with E-state index >= 15 is 0 Å². The number of aromatic nitrogens is 1. The topological polar surface area (TPSA) is 42.1 Å². The number of hydrogen-bond acceptors (Lipinski definition) is 4. The first kappa shape index (κ1) is 11.7. The van der Waals surface area contributed by atoms with Crippen LogP contribution in [0.2, 0.25) is 0 Å². The van der Waals surface area contributed by atoms with Gasteiger partial charge < -0.3 is 10.6 Å². The lowest BCUT2D eigenvalue weighted by molar-refractivity contribution is 0.741. The summed E-state index contributed by atoms with van der Waals surface area (Å²) < 4.78 is 4.54. The number of benzene rings is 2. The molecule has 4 heteroatoms. The van der Waals surface area contributed by atoms with Gasteiger partial charge in [0.05, 0.1) is 5.52 Å². The highest BCUT2D eigenvalue weighted by Crippen LogP contribution is 2.35. The summed E-state index contributed by atoms with van der Waals surface area (Å²) in [6, 6.07) is 14.6. The molecule has 3 nitrogen and oxygen atoms in total. The summed E-state index contributed by atoms with van der Waals surface area (Å²) in [7, 11) is 0. The average Bonchev–Trinajstić information content (AvgIpc) is 2.91. The first-order valence-corrected chi connectivity index (χ1v) is 7.56. The van der Waals surface area contributed by atoms with Crippen molar-refractivity contribution in [2.45, 2.75) is 13.0 Å². The van der Waals surface area contributed by atoms with E-state index in [0.29, 0.717) is 0 Å². The van der Waals surface area contributed by atoms with Crippen molar-refractivity contribution >= 4 is 33.1 Å². The zero-order valence-electron chi connectivity index (χ0n) is 11.0. The average molecular weight is 281 g/mol. The zero-order valence-corrected chi connectivity index (χ0v) is 11.9. The third kappa shape index (κ3) is 1.76. The molecule has 0 aliphatic carbocycles. The normalized spacial score (nSPS) is 14.5. The molecule has 2 heterocycles. The van der Waals surface area contributed by atoms with Gasteiger partial charge in [-0.15, -0.1) is 0 Å². The van der Waals surface area contributed by atoms with Gasteiger partial charge in [0, 0.05) is 24.2 Å². The van der Waals surface area contributed by atoms with Gasteiger partial charge in [0.2, 0.25) is 0 Å². The fourth-order valence-electron chi connectivity index (χ4n) is 2.88. The lowest BCUT2D eigenvalue weighted by Crippen LogP contribution is -2.30. The summed E-state index contributed by atoms with van der Waals surface area (Å²) in [6.45, 7) is 1.91. The van der Waals surface area contributed by atoms with E-state index in [1.807, 2.05) is 18.2 Å². The SMILES string of the molecule is Nc1cccc2c1CN(c1snc3ccccc13)CC2. The predicted octanol–water partition coefficient (Wildman–Crippen LogP) is 3.44. The van der Waals surface area contributed by atoms with Crippen molar-refractivity contribution in [1.82, 2.24) is 4.37 Å². The minimum atomic E-state index is 0.883. The standard InChI is InChI=1S/C16H15N3S/c17-14-6-3-4-11-8-9-19(10-13(11)14)16-12-5-1-2-7-15(12)18-20-16/h1-7H,8-10,17H2. The van der Waals surface area contributed by atoms with Crippen LogP contribution in [0.4, 0.5) is 10.7 Å². The maximum Gasteiger partial charge on any atom is 0.120 e. The third-order valence-electron chi connectivity index (χ3n) is 3.96. The largest absolute Gasteiger partial charge is 0.398 e. The highest BCUT2D eigenvalue weighted by atomic mass is 32.1. The lowest BCUT2D eigenvalue weighted by Gasteiger charge is -2.30. The maximum atomic E-state index is 6.13. The van der Waals surface area contributed by atoms with E-state index in [-0.39, 0.29) is 0 Å². The molecule has 0 saturated heterocycles. The first-order chi connectivity index (χ1) is 9.83. The Hall–Kier alpha value is -2.07. The molecule has 0 atom stereocenters. The number of rotatable bonds is 1. The Labute approximate surface area is 121 Å². The molecule has 0 unspecified atom stereocenters. The Balaban J connectivity index is 1.76. The zero-order chi connectivity index (χ0) is 13.5. The lowest BCUT2D eigenvalue weighted by atomic mass is 9.98. The summed E-state index contributed by atoms with van der Waals surface area (Å²) in [6.07, 6.45) is 1.05. The Morgan fingerprint density at radius 2 is 2.00 bits per heavy atom. The van der Waals surface area contributed by atoms with Crippen LogP contribution < -0.4 is 10.6 Å². The van der Waals surface area contributed by atoms with Crippen molar-refractivity contribution in [3.05, 3.63) is 53.6 Å². The predicted molar refractivity (Wildman–Crippen MR) is 85.2 cm³/mol. The number of fused-ring (bicyclic) bond motifs is 2. The molecule has 1 aliphatic rings. The Bertz CT molecular complexity index is 778. The fraction of sp³-hybridized carbons (Fsp3) is 0.188. The van der Waals surface area contributed by atoms with Crippen LogP contribution >= 0.6 is 11.5 Å². The third-order valence-corrected chi connectivity index (χ3v) is 4.90. The van der Waals surface area contributed by atoms with Crippen LogP contribution in [0, 0.1) is 0 Å². The first-order valence-electron chi connectivity index (χ1n) is 6.78. The van der Waals surface area contributed by atoms with E-state index in [1.165, 1.54) is 21.5 Å². The molecule has 2 aromatic carbocycles. The van der Waals surface area contributed by atoms with Crippen molar-refractivity contribution in [3.63, 3.8) is 0 Å². The van der Waals surface area contributed by atoms with Crippen molar-refractivity contribution in [2.24, 2.45) is 0 Å². The molecule has 0 saturated carbocycles. The fourth-order valence-corrected chi connectivity index (χ4v) is 3.77. The molecule has 0 bridgehead atoms. The molecule has 0 fully saturated rings. The Kier molecular flexibility index (Phi) is 2.63. The second-order valence-electron chi connectivity index (χ2n) is 5.16. The molecule has 1 aliphatic heterocycles. The summed E-state index contributed by atoms with van der Waals surface area (Å²) in [4.78, 5) is 2.40.